The Bertz CT molecular complexity index is 4090. The van der Waals surface area contributed by atoms with Crippen LogP contribution >= 0.6 is 41.1 Å². The van der Waals surface area contributed by atoms with Gasteiger partial charge in [-0.05, 0) is 169 Å². The molecule has 2 saturated heterocycles. The van der Waals surface area contributed by atoms with Crippen LogP contribution in [0.4, 0.5) is 8.78 Å². The maximum Gasteiger partial charge on any atom is 0.338 e. The van der Waals surface area contributed by atoms with E-state index >= 15 is 0 Å². The van der Waals surface area contributed by atoms with E-state index < -0.39 is 98.9 Å². The standard InChI is InChI=1S/C43H68FO10PSi2.C27H43IO5Si.C22H30FO5PSeSi/c1-29(30(2)54-57(12,13)42(3,4)5)22-23-34(51-39(45)31-18-15-14-16-19-31)38-35(52-43(6,7)53-38)21-17-20-32-26-33(50-41(44)55)27-36(49-28-47-8)37(32)40(46)48-24-25-56(9,10)11;1-19(20(2)33-34(8,9)26(3,4)5)15-16-22(30-25(29)21-13-11-10-12-14-21)24-23(17-18-28)31-27(6,7)32-24;1-25-15-27-19-13-17(28-22(23)29)12-16(14-30-18-8-6-5-7-9-18)20(19)21(24)26-10-11-31(2,3)4/h14-16,18-19,22-23,26-27,29-30,34-35,38,41H,17,20-21,24-25,28,55H2,1-13H3;10-16,19-20,22-24H,17-18H2,1-9H3;5-9,12-13,22H,10-11,14-15,29H2,1-4H3/b23-22-;16-15-;/t29-,30+,34?,35+,38-,41?;19-,20+,22?,23+,24-;/m11./s1. The number of halogens is 3. The Morgan fingerprint density at radius 2 is 0.893 bits per heavy atom. The first-order chi connectivity index (χ1) is 56.8. The van der Waals surface area contributed by atoms with Crippen molar-refractivity contribution in [1.29, 1.82) is 0 Å². The van der Waals surface area contributed by atoms with E-state index in [9.17, 15) is 28.0 Å². The second-order valence-electron chi connectivity index (χ2n) is 37.2. The predicted molar refractivity (Wildman–Crippen MR) is 508 cm³/mol. The molecule has 0 aromatic heterocycles. The van der Waals surface area contributed by atoms with Gasteiger partial charge < -0.3 is 56.2 Å². The van der Waals surface area contributed by atoms with E-state index in [0.29, 0.717) is 59.0 Å². The van der Waals surface area contributed by atoms with Crippen molar-refractivity contribution in [1.82, 2.24) is 0 Å². The number of hydrogen-bond donors (Lipinski definition) is 0. The monoisotopic (exact) mass is 1980 g/mol. The third-order valence-corrected chi connectivity index (χ3v) is 37.1. The Morgan fingerprint density at radius 3 is 1.25 bits per heavy atom. The molecule has 2 fully saturated rings. The maximum absolute atomic E-state index is 14.1. The summed E-state index contributed by atoms with van der Waals surface area (Å²) in [6.07, 6.45) is 3.84. The summed E-state index contributed by atoms with van der Waals surface area (Å²) in [4.78, 5) is 53.2. The smallest absolute Gasteiger partial charge is 0.338 e. The molecule has 0 radical (unpaired) electrons. The molecule has 0 aliphatic carbocycles. The zero-order valence-electron chi connectivity index (χ0n) is 77.1. The molecule has 0 N–H and O–H groups in total. The first kappa shape index (κ1) is 108. The second kappa shape index (κ2) is 49.7. The molecule has 0 spiro atoms. The molecule has 122 heavy (non-hydrogen) atoms. The first-order valence-electron chi connectivity index (χ1n) is 42.0. The molecule has 0 amide bonds. The number of rotatable bonds is 43. The van der Waals surface area contributed by atoms with E-state index in [4.69, 9.17) is 75.2 Å². The Kier molecular flexibility index (Phi) is 43.8. The number of hydrogen-bond acceptors (Lipinski definition) is 20. The van der Waals surface area contributed by atoms with Gasteiger partial charge in [-0.25, -0.2) is 14.4 Å². The van der Waals surface area contributed by atoms with Gasteiger partial charge >= 0.3 is 211 Å². The van der Waals surface area contributed by atoms with Gasteiger partial charge in [-0.3, -0.25) is 0 Å². The van der Waals surface area contributed by atoms with Crippen molar-refractivity contribution in [3.05, 3.63) is 173 Å². The minimum Gasteiger partial charge on any atom is -0.452 e. The molecule has 7 rings (SSSR count). The summed E-state index contributed by atoms with van der Waals surface area (Å²) in [5.74, 6) is -2.47. The van der Waals surface area contributed by atoms with Gasteiger partial charge in [0, 0.05) is 37.9 Å². The minimum atomic E-state index is -2.04. The summed E-state index contributed by atoms with van der Waals surface area (Å²) in [7, 11) is 0.108. The Labute approximate surface area is 756 Å². The van der Waals surface area contributed by atoms with Crippen LogP contribution in [0, 0.1) is 11.8 Å². The van der Waals surface area contributed by atoms with Crippen LogP contribution in [0.15, 0.2) is 140 Å². The van der Waals surface area contributed by atoms with Crippen LogP contribution in [0.3, 0.4) is 0 Å². The minimum absolute atomic E-state index is 0.00390. The van der Waals surface area contributed by atoms with Gasteiger partial charge in [0.1, 0.15) is 41.5 Å². The molecule has 30 heteroatoms. The molecule has 2 aliphatic heterocycles. The van der Waals surface area contributed by atoms with Crippen molar-refractivity contribution in [3.63, 3.8) is 0 Å². The molecular weight excluding hydrogens is 1840 g/mol. The van der Waals surface area contributed by atoms with Crippen molar-refractivity contribution in [2.24, 2.45) is 11.8 Å². The SMILES string of the molecule is COCOc1cc(OC(F)P)cc(CCC[C@@H]2OC(C)(C)O[C@@H]2C(/C=C\[C@@H](C)[C@H](C)O[Si](C)(C)C(C)(C)C)OC(=O)c2ccccc2)c1C(=O)OCC[Si](C)(C)C.COCOc1cc(OC(F)P)cc(C[Se]c2ccccc2)c1C(=O)OCC[Si](C)(C)C.C[C@H](/C=C\C(OC(=O)c1ccccc1)[C@H]1OC(C)(C)O[C@H]1CCI)[C@H](C)O[Si](C)(C)C(C)(C)C. The number of benzene rings is 5. The van der Waals surface area contributed by atoms with Crippen LogP contribution in [0.5, 0.6) is 23.0 Å². The number of carbonyl (C=O) groups excluding carboxylic acids is 4. The first-order valence-corrected chi connectivity index (χ1v) is 60.2. The van der Waals surface area contributed by atoms with Crippen molar-refractivity contribution >= 4 is 117 Å². The van der Waals surface area contributed by atoms with Gasteiger partial charge in [-0.2, -0.15) is 4.39 Å². The van der Waals surface area contributed by atoms with Gasteiger partial charge in [0.05, 0.1) is 29.9 Å². The quantitative estimate of drug-likeness (QED) is 0.00518. The molecule has 0 bridgehead atoms. The Hall–Kier alpha value is -4.82. The van der Waals surface area contributed by atoms with E-state index in [1.54, 1.807) is 48.5 Å². The fraction of sp³-hybridized carbons (Fsp3) is 0.587. The van der Waals surface area contributed by atoms with Gasteiger partial charge in [0.25, 0.3) is 0 Å². The zero-order chi connectivity index (χ0) is 91.4. The molecule has 6 unspecified atom stereocenters. The summed E-state index contributed by atoms with van der Waals surface area (Å²) >= 11 is 2.40. The number of aryl methyl sites for hydroxylation is 1. The van der Waals surface area contributed by atoms with Gasteiger partial charge in [0.15, 0.2) is 35.0 Å². The third kappa shape index (κ3) is 37.1. The van der Waals surface area contributed by atoms with Gasteiger partial charge in [-0.15, -0.1) is 0 Å². The molecule has 2 heterocycles. The fourth-order valence-corrected chi connectivity index (χ4v) is 19.6. The summed E-state index contributed by atoms with van der Waals surface area (Å²) in [6, 6.07) is 35.9. The van der Waals surface area contributed by atoms with Crippen LogP contribution in [0.25, 0.3) is 0 Å². The molecule has 5 aromatic carbocycles. The van der Waals surface area contributed by atoms with E-state index in [2.05, 4.69) is 176 Å². The zero-order valence-corrected chi connectivity index (χ0v) is 87.2. The number of carbonyl (C=O) groups is 4. The van der Waals surface area contributed by atoms with Gasteiger partial charge in [0.2, 0.25) is 6.10 Å². The Balaban J connectivity index is 0.000000348. The maximum atomic E-state index is 14.1. The average molecular weight is 1990 g/mol. The fourth-order valence-electron chi connectivity index (χ4n) is 12.3. The number of methoxy groups -OCH3 is 2. The molecule has 14 atom stereocenters. The van der Waals surface area contributed by atoms with Crippen LogP contribution in [0.2, 0.25) is 87.6 Å². The van der Waals surface area contributed by atoms with Crippen LogP contribution in [-0.4, -0.2) is 190 Å². The van der Waals surface area contributed by atoms with Crippen LogP contribution in [0.1, 0.15) is 169 Å². The molecule has 20 nitrogen and oxygen atoms in total. The molecule has 682 valence electrons. The normalized spacial score (nSPS) is 18.8. The van der Waals surface area contributed by atoms with E-state index in [1.807, 2.05) is 107 Å². The molecule has 2 aliphatic rings. The number of esters is 4. The molecule has 0 saturated carbocycles. The van der Waals surface area contributed by atoms with E-state index in [0.717, 1.165) is 22.9 Å². The second-order valence-corrected chi connectivity index (χ2v) is 62.3. The summed E-state index contributed by atoms with van der Waals surface area (Å²) in [5, 5.41) is 0.800. The topological polar surface area (TPSA) is 216 Å². The van der Waals surface area contributed by atoms with Crippen LogP contribution in [-0.2, 0) is 68.0 Å². The van der Waals surface area contributed by atoms with E-state index in [1.165, 1.54) is 30.8 Å². The van der Waals surface area contributed by atoms with Crippen molar-refractivity contribution in [2.75, 3.05) is 45.4 Å². The summed E-state index contributed by atoms with van der Waals surface area (Å²) < 4.78 is 124. The summed E-state index contributed by atoms with van der Waals surface area (Å²) in [5.41, 5.74) is 2.79. The van der Waals surface area contributed by atoms with E-state index in [-0.39, 0.29) is 116 Å². The summed E-state index contributed by atoms with van der Waals surface area (Å²) in [6.45, 7) is 52.1. The molecular formula is C92H141F2IO20P2SeSi4. The van der Waals surface area contributed by atoms with Gasteiger partial charge in [-0.1, -0.05) is 155 Å². The number of ether oxygens (including phenoxy) is 14. The van der Waals surface area contributed by atoms with Crippen LogP contribution < -0.4 is 23.4 Å². The molecule has 5 aromatic rings. The van der Waals surface area contributed by atoms with Crippen molar-refractivity contribution < 1.29 is 103 Å². The number of alkyl halides is 3. The average Bonchev–Trinajstić information content (AvgIpc) is 1.48. The van der Waals surface area contributed by atoms with Crippen molar-refractivity contribution in [3.8, 4) is 23.0 Å². The van der Waals surface area contributed by atoms with Crippen molar-refractivity contribution in [2.45, 2.75) is 288 Å². The Morgan fingerprint density at radius 1 is 0.525 bits per heavy atom. The third-order valence-electron chi connectivity index (χ3n) is 21.4. The predicted octanol–water partition coefficient (Wildman–Crippen LogP) is 21.7. The largest absolute Gasteiger partial charge is 0.452 e.